The lowest BCUT2D eigenvalue weighted by molar-refractivity contribution is -0.139. The Hall–Kier alpha value is -2.34. The minimum Gasteiger partial charge on any atom is -0.508 e. The lowest BCUT2D eigenvalue weighted by atomic mass is 10.1. The molecule has 3 N–H and O–H groups in total. The van der Waals surface area contributed by atoms with E-state index >= 15 is 0 Å². The van der Waals surface area contributed by atoms with E-state index in [-0.39, 0.29) is 18.1 Å². The Balaban J connectivity index is 2.09. The first kappa shape index (κ1) is 15.1. The molecule has 0 fully saturated rings. The molecule has 1 amide bonds. The summed E-state index contributed by atoms with van der Waals surface area (Å²) in [7, 11) is 0. The summed E-state index contributed by atoms with van der Waals surface area (Å²) in [6.45, 7) is 1.81. The van der Waals surface area contributed by atoms with Gasteiger partial charge in [-0.3, -0.25) is 4.79 Å². The molecule has 0 aliphatic heterocycles. The van der Waals surface area contributed by atoms with E-state index in [0.717, 1.165) is 11.1 Å². The van der Waals surface area contributed by atoms with Crippen LogP contribution in [0.1, 0.15) is 20.8 Å². The van der Waals surface area contributed by atoms with Gasteiger partial charge in [-0.2, -0.15) is 0 Å². The maximum Gasteiger partial charge on any atom is 0.326 e. The van der Waals surface area contributed by atoms with Crippen molar-refractivity contribution in [1.29, 1.82) is 0 Å². The van der Waals surface area contributed by atoms with Crippen molar-refractivity contribution >= 4 is 23.2 Å². The number of aryl methyl sites for hydroxylation is 1. The Bertz CT molecular complexity index is 648. The third-order valence-electron chi connectivity index (χ3n) is 3.05. The molecular weight excluding hydrogens is 290 g/mol. The summed E-state index contributed by atoms with van der Waals surface area (Å²) in [6, 6.07) is 7.04. The number of carboxylic acids is 1. The number of nitrogens with one attached hydrogen (secondary N) is 1. The van der Waals surface area contributed by atoms with E-state index in [9.17, 15) is 19.8 Å². The quantitative estimate of drug-likeness (QED) is 0.790. The number of phenolic OH excluding ortho intramolecular Hbond substituents is 1. The standard InChI is InChI=1S/C15H15NO4S/c1-9-6-7-21-13(9)14(18)16-12(15(19)20)8-10-2-4-11(17)5-3-10/h2-7,12,17H,8H2,1H3,(H,16,18)(H,19,20)/t12-/m0/s1. The Labute approximate surface area is 125 Å². The Morgan fingerprint density at radius 1 is 1.24 bits per heavy atom. The molecule has 21 heavy (non-hydrogen) atoms. The third-order valence-corrected chi connectivity index (χ3v) is 4.06. The molecule has 5 nitrogen and oxygen atoms in total. The molecule has 1 heterocycles. The average molecular weight is 305 g/mol. The van der Waals surface area contributed by atoms with Gasteiger partial charge in [0.15, 0.2) is 0 Å². The van der Waals surface area contributed by atoms with Crippen LogP contribution in [0, 0.1) is 6.92 Å². The van der Waals surface area contributed by atoms with Gasteiger partial charge in [0.2, 0.25) is 0 Å². The fraction of sp³-hybridized carbons (Fsp3) is 0.200. The Morgan fingerprint density at radius 3 is 2.43 bits per heavy atom. The number of carbonyl (C=O) groups excluding carboxylic acids is 1. The smallest absolute Gasteiger partial charge is 0.326 e. The molecule has 0 unspecified atom stereocenters. The van der Waals surface area contributed by atoms with E-state index in [4.69, 9.17) is 0 Å². The number of rotatable bonds is 5. The second-order valence-corrected chi connectivity index (χ2v) is 5.58. The number of hydrogen-bond acceptors (Lipinski definition) is 4. The molecule has 0 aliphatic rings. The van der Waals surface area contributed by atoms with Gasteiger partial charge in [0.1, 0.15) is 11.8 Å². The second kappa shape index (κ2) is 6.41. The molecule has 1 aromatic heterocycles. The van der Waals surface area contributed by atoms with E-state index in [0.29, 0.717) is 4.88 Å². The predicted octanol–water partition coefficient (Wildman–Crippen LogP) is 2.19. The van der Waals surface area contributed by atoms with Gasteiger partial charge in [0.25, 0.3) is 5.91 Å². The summed E-state index contributed by atoms with van der Waals surface area (Å²) in [5.41, 5.74) is 1.55. The van der Waals surface area contributed by atoms with Crippen LogP contribution < -0.4 is 5.32 Å². The number of thiophene rings is 1. The number of aromatic hydroxyl groups is 1. The zero-order chi connectivity index (χ0) is 15.4. The predicted molar refractivity (Wildman–Crippen MR) is 79.8 cm³/mol. The van der Waals surface area contributed by atoms with Crippen molar-refractivity contribution < 1.29 is 19.8 Å². The van der Waals surface area contributed by atoms with Crippen LogP contribution in [-0.4, -0.2) is 28.1 Å². The summed E-state index contributed by atoms with van der Waals surface area (Å²) in [6.07, 6.45) is 0.159. The van der Waals surface area contributed by atoms with Crippen molar-refractivity contribution in [2.24, 2.45) is 0 Å². The summed E-state index contributed by atoms with van der Waals surface area (Å²) in [5.74, 6) is -1.36. The van der Waals surface area contributed by atoms with Gasteiger partial charge in [-0.25, -0.2) is 4.79 Å². The first-order valence-electron chi connectivity index (χ1n) is 6.33. The van der Waals surface area contributed by atoms with Crippen LogP contribution in [-0.2, 0) is 11.2 Å². The number of carbonyl (C=O) groups is 2. The highest BCUT2D eigenvalue weighted by Crippen LogP contribution is 2.16. The maximum atomic E-state index is 12.1. The number of benzene rings is 1. The third kappa shape index (κ3) is 3.82. The van der Waals surface area contributed by atoms with Gasteiger partial charge < -0.3 is 15.5 Å². The largest absolute Gasteiger partial charge is 0.508 e. The van der Waals surface area contributed by atoms with E-state index < -0.39 is 12.0 Å². The van der Waals surface area contributed by atoms with Crippen LogP contribution in [0.15, 0.2) is 35.7 Å². The first-order valence-corrected chi connectivity index (χ1v) is 7.21. The summed E-state index contributed by atoms with van der Waals surface area (Å²) < 4.78 is 0. The van der Waals surface area contributed by atoms with Crippen LogP contribution >= 0.6 is 11.3 Å². The Kier molecular flexibility index (Phi) is 4.59. The second-order valence-electron chi connectivity index (χ2n) is 4.67. The van der Waals surface area contributed by atoms with Crippen LogP contribution in [0.4, 0.5) is 0 Å². The SMILES string of the molecule is Cc1ccsc1C(=O)N[C@@H](Cc1ccc(O)cc1)C(=O)O. The molecule has 0 saturated heterocycles. The van der Waals surface area contributed by atoms with Gasteiger partial charge >= 0.3 is 5.97 Å². The zero-order valence-electron chi connectivity index (χ0n) is 11.4. The molecule has 0 radical (unpaired) electrons. The van der Waals surface area contributed by atoms with E-state index in [1.807, 2.05) is 6.07 Å². The highest BCUT2D eigenvalue weighted by molar-refractivity contribution is 7.12. The Morgan fingerprint density at radius 2 is 1.90 bits per heavy atom. The highest BCUT2D eigenvalue weighted by atomic mass is 32.1. The molecule has 0 aliphatic carbocycles. The average Bonchev–Trinajstić information content (AvgIpc) is 2.86. The lowest BCUT2D eigenvalue weighted by Crippen LogP contribution is -2.42. The first-order chi connectivity index (χ1) is 9.97. The van der Waals surface area contributed by atoms with Gasteiger partial charge in [-0.05, 0) is 41.6 Å². The van der Waals surface area contributed by atoms with E-state index in [2.05, 4.69) is 5.32 Å². The molecule has 1 atom stereocenters. The molecule has 0 bridgehead atoms. The molecule has 2 aromatic rings. The number of amides is 1. The van der Waals surface area contributed by atoms with Gasteiger partial charge in [0, 0.05) is 6.42 Å². The van der Waals surface area contributed by atoms with Crippen LogP contribution in [0.5, 0.6) is 5.75 Å². The molecule has 6 heteroatoms. The molecule has 0 spiro atoms. The van der Waals surface area contributed by atoms with E-state index in [1.54, 1.807) is 24.4 Å². The number of phenols is 1. The summed E-state index contributed by atoms with van der Waals surface area (Å²) >= 11 is 1.28. The molecule has 2 rings (SSSR count). The number of hydrogen-bond donors (Lipinski definition) is 3. The van der Waals surface area contributed by atoms with Crippen molar-refractivity contribution in [3.05, 3.63) is 51.7 Å². The van der Waals surface area contributed by atoms with Gasteiger partial charge in [0.05, 0.1) is 4.88 Å². The van der Waals surface area contributed by atoms with Crippen molar-refractivity contribution in [3.8, 4) is 5.75 Å². The molecule has 110 valence electrons. The summed E-state index contributed by atoms with van der Waals surface area (Å²) in [4.78, 5) is 23.9. The molecule has 0 saturated carbocycles. The molecular formula is C15H15NO4S. The fourth-order valence-electron chi connectivity index (χ4n) is 1.90. The maximum absolute atomic E-state index is 12.1. The van der Waals surface area contributed by atoms with Crippen LogP contribution in [0.25, 0.3) is 0 Å². The topological polar surface area (TPSA) is 86.6 Å². The summed E-state index contributed by atoms with van der Waals surface area (Å²) in [5, 5.41) is 22.8. The van der Waals surface area contributed by atoms with Gasteiger partial charge in [-0.15, -0.1) is 11.3 Å². The fourth-order valence-corrected chi connectivity index (χ4v) is 2.73. The van der Waals surface area contributed by atoms with Gasteiger partial charge in [-0.1, -0.05) is 12.1 Å². The van der Waals surface area contributed by atoms with Crippen LogP contribution in [0.2, 0.25) is 0 Å². The van der Waals surface area contributed by atoms with Crippen molar-refractivity contribution in [2.45, 2.75) is 19.4 Å². The number of aliphatic carboxylic acids is 1. The monoisotopic (exact) mass is 305 g/mol. The van der Waals surface area contributed by atoms with Crippen molar-refractivity contribution in [3.63, 3.8) is 0 Å². The van der Waals surface area contributed by atoms with Crippen LogP contribution in [0.3, 0.4) is 0 Å². The minimum absolute atomic E-state index is 0.115. The van der Waals surface area contributed by atoms with E-state index in [1.165, 1.54) is 23.5 Å². The van der Waals surface area contributed by atoms with Crippen molar-refractivity contribution in [2.75, 3.05) is 0 Å². The highest BCUT2D eigenvalue weighted by Gasteiger charge is 2.22. The van der Waals surface area contributed by atoms with Crippen molar-refractivity contribution in [1.82, 2.24) is 5.32 Å². The normalized spacial score (nSPS) is 11.9. The minimum atomic E-state index is -1.09. The molecule has 1 aromatic carbocycles. The number of carboxylic acid groups (broad SMARTS) is 1. The zero-order valence-corrected chi connectivity index (χ0v) is 12.2. The lowest BCUT2D eigenvalue weighted by Gasteiger charge is -2.14.